The fourth-order valence-corrected chi connectivity index (χ4v) is 4.12. The van der Waals surface area contributed by atoms with Crippen molar-refractivity contribution >= 4 is 40.8 Å². The first-order chi connectivity index (χ1) is 16.9. The number of hydrogen-bond acceptors (Lipinski definition) is 9. The Balaban J connectivity index is 1.62. The van der Waals surface area contributed by atoms with Gasteiger partial charge in [-0.15, -0.1) is 5.10 Å². The van der Waals surface area contributed by atoms with E-state index in [1.54, 1.807) is 42.5 Å². The van der Waals surface area contributed by atoms with Crippen LogP contribution in [0.1, 0.15) is 23.8 Å². The van der Waals surface area contributed by atoms with E-state index in [0.29, 0.717) is 39.3 Å². The molecule has 11 heteroatoms. The monoisotopic (exact) mass is 492 g/mol. The Kier molecular flexibility index (Phi) is 7.27. The molecule has 1 aromatic heterocycles. The third-order valence-corrected chi connectivity index (χ3v) is 5.79. The van der Waals surface area contributed by atoms with Gasteiger partial charge >= 0.3 is 0 Å². The second kappa shape index (κ2) is 10.7. The normalized spacial score (nSPS) is 16.0. The minimum absolute atomic E-state index is 0.0211. The summed E-state index contributed by atoms with van der Waals surface area (Å²) in [6.07, 6.45) is 4.57. The van der Waals surface area contributed by atoms with Crippen LogP contribution in [0.2, 0.25) is 0 Å². The fourth-order valence-electron chi connectivity index (χ4n) is 3.19. The molecule has 35 heavy (non-hydrogen) atoms. The van der Waals surface area contributed by atoms with Gasteiger partial charge in [-0.2, -0.15) is 5.10 Å². The van der Waals surface area contributed by atoms with E-state index in [1.165, 1.54) is 35.6 Å². The van der Waals surface area contributed by atoms with Crippen molar-refractivity contribution in [1.29, 1.82) is 0 Å². The summed E-state index contributed by atoms with van der Waals surface area (Å²) in [4.78, 5) is 25.5. The van der Waals surface area contributed by atoms with Gasteiger partial charge in [0.2, 0.25) is 0 Å². The number of hydrogen-bond donors (Lipinski definition) is 1. The topological polar surface area (TPSA) is 131 Å². The van der Waals surface area contributed by atoms with Gasteiger partial charge in [0.1, 0.15) is 5.76 Å². The number of carbonyl (C=O) groups excluding carboxylic acids is 1. The summed E-state index contributed by atoms with van der Waals surface area (Å²) in [6.45, 7) is 2.36. The van der Waals surface area contributed by atoms with Crippen LogP contribution < -0.4 is 4.74 Å². The van der Waals surface area contributed by atoms with Gasteiger partial charge in [-0.1, -0.05) is 12.1 Å². The largest absolute Gasteiger partial charge is 0.504 e. The number of thioether (sulfide) groups is 1. The predicted octanol–water partition coefficient (Wildman–Crippen LogP) is 4.80. The lowest BCUT2D eigenvalue weighted by Crippen LogP contribution is -2.28. The Morgan fingerprint density at radius 1 is 1.20 bits per heavy atom. The maximum atomic E-state index is 13.1. The minimum atomic E-state index is -0.489. The molecule has 1 N–H and O–H groups in total. The van der Waals surface area contributed by atoms with Gasteiger partial charge in [-0.05, 0) is 66.2 Å². The van der Waals surface area contributed by atoms with Crippen LogP contribution in [0.3, 0.4) is 0 Å². The third-order valence-electron chi connectivity index (χ3n) is 4.79. The van der Waals surface area contributed by atoms with E-state index in [9.17, 15) is 20.0 Å². The lowest BCUT2D eigenvalue weighted by atomic mass is 10.2. The number of benzene rings is 2. The number of phenolic OH excluding ortho intramolecular Hbond substituents is 1. The standard InChI is InChI=1S/C24H20N4O6S/c1-2-33-21-12-17(8-9-20(21)29)14-25-26-24-27(15-19-7-4-10-34-19)23(30)22(35-24)13-16-5-3-6-18(11-16)28(31)32/h3-14,29H,2,15H2,1H3/b22-13-,25-14+,26-24-. The van der Waals surface area contributed by atoms with Crippen LogP contribution in [0.25, 0.3) is 6.08 Å². The number of nitrogens with zero attached hydrogens (tertiary/aromatic N) is 4. The van der Waals surface area contributed by atoms with Gasteiger partial charge in [0.25, 0.3) is 11.6 Å². The van der Waals surface area contributed by atoms with Gasteiger partial charge in [-0.25, -0.2) is 0 Å². The van der Waals surface area contributed by atoms with E-state index in [0.717, 1.165) is 11.8 Å². The second-order valence-electron chi connectivity index (χ2n) is 7.22. The number of ether oxygens (including phenoxy) is 1. The summed E-state index contributed by atoms with van der Waals surface area (Å²) in [5.74, 6) is 0.589. The SMILES string of the molecule is CCOc1cc(/C=N/N=C2\S/C(=C\c3cccc([N+](=O)[O-])c3)C(=O)N2Cc2ccco2)ccc1O. The summed E-state index contributed by atoms with van der Waals surface area (Å²) in [5.41, 5.74) is 1.10. The first-order valence-corrected chi connectivity index (χ1v) is 11.3. The van der Waals surface area contributed by atoms with E-state index in [-0.39, 0.29) is 23.9 Å². The van der Waals surface area contributed by atoms with E-state index in [2.05, 4.69) is 10.2 Å². The molecule has 2 aromatic carbocycles. The van der Waals surface area contributed by atoms with Crippen molar-refractivity contribution in [2.75, 3.05) is 6.61 Å². The fraction of sp³-hybridized carbons (Fsp3) is 0.125. The molecular formula is C24H20N4O6S. The lowest BCUT2D eigenvalue weighted by Gasteiger charge is -2.12. The molecule has 10 nitrogen and oxygen atoms in total. The molecule has 1 aliphatic heterocycles. The summed E-state index contributed by atoms with van der Waals surface area (Å²) in [7, 11) is 0. The highest BCUT2D eigenvalue weighted by molar-refractivity contribution is 8.18. The van der Waals surface area contributed by atoms with Crippen molar-refractivity contribution in [3.63, 3.8) is 0 Å². The molecule has 1 aliphatic rings. The highest BCUT2D eigenvalue weighted by Gasteiger charge is 2.34. The molecule has 0 aliphatic carbocycles. The zero-order valence-electron chi connectivity index (χ0n) is 18.5. The number of amides is 1. The zero-order valence-corrected chi connectivity index (χ0v) is 19.3. The van der Waals surface area contributed by atoms with Crippen LogP contribution in [-0.4, -0.2) is 38.8 Å². The molecule has 1 amide bonds. The molecule has 0 unspecified atom stereocenters. The number of non-ortho nitro benzene ring substituents is 1. The Morgan fingerprint density at radius 3 is 2.80 bits per heavy atom. The Morgan fingerprint density at radius 2 is 2.06 bits per heavy atom. The highest BCUT2D eigenvalue weighted by atomic mass is 32.2. The molecule has 4 rings (SSSR count). The van der Waals surface area contributed by atoms with E-state index in [1.807, 2.05) is 6.92 Å². The second-order valence-corrected chi connectivity index (χ2v) is 8.23. The van der Waals surface area contributed by atoms with Crippen LogP contribution in [-0.2, 0) is 11.3 Å². The van der Waals surface area contributed by atoms with Gasteiger partial charge in [0, 0.05) is 12.1 Å². The van der Waals surface area contributed by atoms with Crippen molar-refractivity contribution in [1.82, 2.24) is 4.90 Å². The lowest BCUT2D eigenvalue weighted by molar-refractivity contribution is -0.384. The molecule has 0 atom stereocenters. The molecule has 3 aromatic rings. The van der Waals surface area contributed by atoms with Crippen molar-refractivity contribution < 1.29 is 24.0 Å². The van der Waals surface area contributed by atoms with Crippen LogP contribution in [0.5, 0.6) is 11.5 Å². The number of furan rings is 1. The first kappa shape index (κ1) is 23.8. The number of nitro benzene ring substituents is 1. The smallest absolute Gasteiger partial charge is 0.270 e. The van der Waals surface area contributed by atoms with E-state index < -0.39 is 4.92 Å². The summed E-state index contributed by atoms with van der Waals surface area (Å²) >= 11 is 1.10. The quantitative estimate of drug-likeness (QED) is 0.207. The number of nitro groups is 1. The molecule has 2 heterocycles. The van der Waals surface area contributed by atoms with Gasteiger partial charge in [0.05, 0.1) is 35.5 Å². The highest BCUT2D eigenvalue weighted by Crippen LogP contribution is 2.34. The number of aromatic hydroxyl groups is 1. The average molecular weight is 493 g/mol. The first-order valence-electron chi connectivity index (χ1n) is 10.5. The number of carbonyl (C=O) groups is 1. The van der Waals surface area contributed by atoms with Gasteiger partial charge in [0.15, 0.2) is 16.7 Å². The van der Waals surface area contributed by atoms with Crippen LogP contribution in [0.15, 0.2) is 80.4 Å². The van der Waals surface area contributed by atoms with Crippen molar-refractivity contribution in [2.45, 2.75) is 13.5 Å². The third kappa shape index (κ3) is 5.76. The number of rotatable bonds is 8. The molecular weight excluding hydrogens is 472 g/mol. The Bertz CT molecular complexity index is 1330. The molecule has 0 saturated carbocycles. The minimum Gasteiger partial charge on any atom is -0.504 e. The summed E-state index contributed by atoms with van der Waals surface area (Å²) in [5, 5.41) is 29.6. The molecule has 1 fully saturated rings. The number of phenols is 1. The Hall–Kier alpha value is -4.38. The molecule has 178 valence electrons. The van der Waals surface area contributed by atoms with Crippen molar-refractivity contribution in [3.8, 4) is 11.5 Å². The molecule has 0 spiro atoms. The van der Waals surface area contributed by atoms with Gasteiger partial charge < -0.3 is 14.3 Å². The van der Waals surface area contributed by atoms with Gasteiger partial charge in [-0.3, -0.25) is 19.8 Å². The van der Waals surface area contributed by atoms with Crippen LogP contribution >= 0.6 is 11.8 Å². The van der Waals surface area contributed by atoms with Crippen LogP contribution in [0.4, 0.5) is 5.69 Å². The number of amidine groups is 1. The predicted molar refractivity (Wildman–Crippen MR) is 132 cm³/mol. The maximum Gasteiger partial charge on any atom is 0.270 e. The van der Waals surface area contributed by atoms with E-state index in [4.69, 9.17) is 9.15 Å². The average Bonchev–Trinajstić information content (AvgIpc) is 3.46. The molecule has 0 bridgehead atoms. The summed E-state index contributed by atoms with van der Waals surface area (Å²) < 4.78 is 10.8. The maximum absolute atomic E-state index is 13.1. The molecule has 1 saturated heterocycles. The van der Waals surface area contributed by atoms with Crippen LogP contribution in [0, 0.1) is 10.1 Å². The Labute approximate surface area is 204 Å². The summed E-state index contributed by atoms with van der Waals surface area (Å²) in [6, 6.07) is 14.3. The molecule has 0 radical (unpaired) electrons. The zero-order chi connectivity index (χ0) is 24.8. The van der Waals surface area contributed by atoms with E-state index >= 15 is 0 Å². The van der Waals surface area contributed by atoms with Crippen molar-refractivity contribution in [2.24, 2.45) is 10.2 Å². The van der Waals surface area contributed by atoms with Crippen molar-refractivity contribution in [3.05, 3.63) is 92.8 Å².